The Morgan fingerprint density at radius 1 is 1.18 bits per heavy atom. The SMILES string of the molecule is O=C(NCCc1nc2ccccc2o1)Nc1cccc(Cl)c1. The van der Waals surface area contributed by atoms with Gasteiger partial charge in [-0.05, 0) is 30.3 Å². The van der Waals surface area contributed by atoms with Gasteiger partial charge in [0.1, 0.15) is 5.52 Å². The Balaban J connectivity index is 1.51. The molecule has 1 heterocycles. The van der Waals surface area contributed by atoms with Gasteiger partial charge in [-0.2, -0.15) is 0 Å². The first-order valence-electron chi connectivity index (χ1n) is 6.85. The molecule has 0 spiro atoms. The van der Waals surface area contributed by atoms with Crippen molar-refractivity contribution in [3.8, 4) is 0 Å². The van der Waals surface area contributed by atoms with Crippen LogP contribution in [0.25, 0.3) is 11.1 Å². The summed E-state index contributed by atoms with van der Waals surface area (Å²) >= 11 is 5.86. The van der Waals surface area contributed by atoms with Gasteiger partial charge in [0.05, 0.1) is 0 Å². The third kappa shape index (κ3) is 3.56. The molecule has 2 N–H and O–H groups in total. The smallest absolute Gasteiger partial charge is 0.319 e. The third-order valence-electron chi connectivity index (χ3n) is 3.05. The number of carbonyl (C=O) groups excluding carboxylic acids is 1. The topological polar surface area (TPSA) is 67.2 Å². The maximum Gasteiger partial charge on any atom is 0.319 e. The molecule has 0 saturated heterocycles. The molecule has 0 atom stereocenters. The van der Waals surface area contributed by atoms with Crippen LogP contribution >= 0.6 is 11.6 Å². The number of aromatic nitrogens is 1. The van der Waals surface area contributed by atoms with Crippen molar-refractivity contribution in [1.29, 1.82) is 0 Å². The Morgan fingerprint density at radius 2 is 2.05 bits per heavy atom. The lowest BCUT2D eigenvalue weighted by molar-refractivity contribution is 0.252. The van der Waals surface area contributed by atoms with Gasteiger partial charge in [0.15, 0.2) is 11.5 Å². The number of nitrogens with one attached hydrogen (secondary N) is 2. The van der Waals surface area contributed by atoms with Crippen LogP contribution in [0, 0.1) is 0 Å². The molecule has 0 aliphatic rings. The summed E-state index contributed by atoms with van der Waals surface area (Å²) < 4.78 is 5.58. The Labute approximate surface area is 132 Å². The summed E-state index contributed by atoms with van der Waals surface area (Å²) in [4.78, 5) is 16.1. The van der Waals surface area contributed by atoms with Gasteiger partial charge in [0, 0.05) is 23.7 Å². The van der Waals surface area contributed by atoms with Crippen LogP contribution in [0.1, 0.15) is 5.89 Å². The number of carbonyl (C=O) groups is 1. The van der Waals surface area contributed by atoms with Gasteiger partial charge in [-0.1, -0.05) is 29.8 Å². The monoisotopic (exact) mass is 315 g/mol. The van der Waals surface area contributed by atoms with Crippen molar-refractivity contribution in [2.75, 3.05) is 11.9 Å². The minimum atomic E-state index is -0.293. The number of urea groups is 1. The van der Waals surface area contributed by atoms with Gasteiger partial charge in [0.25, 0.3) is 0 Å². The van der Waals surface area contributed by atoms with E-state index in [-0.39, 0.29) is 6.03 Å². The number of hydrogen-bond acceptors (Lipinski definition) is 3. The summed E-state index contributed by atoms with van der Waals surface area (Å²) in [6.07, 6.45) is 0.525. The number of rotatable bonds is 4. The van der Waals surface area contributed by atoms with Crippen LogP contribution in [-0.2, 0) is 6.42 Å². The summed E-state index contributed by atoms with van der Waals surface area (Å²) in [5.41, 5.74) is 2.22. The number of para-hydroxylation sites is 2. The maximum atomic E-state index is 11.8. The lowest BCUT2D eigenvalue weighted by Crippen LogP contribution is -2.30. The Morgan fingerprint density at radius 3 is 2.86 bits per heavy atom. The van der Waals surface area contributed by atoms with E-state index in [1.807, 2.05) is 24.3 Å². The van der Waals surface area contributed by atoms with E-state index >= 15 is 0 Å². The molecule has 6 heteroatoms. The average Bonchev–Trinajstić information content (AvgIpc) is 2.90. The zero-order chi connectivity index (χ0) is 15.4. The number of halogens is 1. The predicted molar refractivity (Wildman–Crippen MR) is 86.2 cm³/mol. The normalized spacial score (nSPS) is 10.6. The quantitative estimate of drug-likeness (QED) is 0.768. The predicted octanol–water partition coefficient (Wildman–Crippen LogP) is 3.85. The van der Waals surface area contributed by atoms with Crippen molar-refractivity contribution in [2.45, 2.75) is 6.42 Å². The number of amides is 2. The number of hydrogen-bond donors (Lipinski definition) is 2. The molecule has 5 nitrogen and oxygen atoms in total. The summed E-state index contributed by atoms with van der Waals surface area (Å²) in [7, 11) is 0. The molecule has 0 aliphatic carbocycles. The van der Waals surface area contributed by atoms with Crippen LogP contribution in [0.2, 0.25) is 5.02 Å². The summed E-state index contributed by atoms with van der Waals surface area (Å²) in [5, 5.41) is 6.03. The third-order valence-corrected chi connectivity index (χ3v) is 3.28. The molecule has 22 heavy (non-hydrogen) atoms. The Kier molecular flexibility index (Phi) is 4.25. The highest BCUT2D eigenvalue weighted by Crippen LogP contribution is 2.15. The number of fused-ring (bicyclic) bond motifs is 1. The highest BCUT2D eigenvalue weighted by Gasteiger charge is 2.06. The Hall–Kier alpha value is -2.53. The second-order valence-corrected chi connectivity index (χ2v) is 5.15. The van der Waals surface area contributed by atoms with Gasteiger partial charge in [-0.25, -0.2) is 9.78 Å². The molecule has 3 aromatic rings. The molecule has 2 amide bonds. The van der Waals surface area contributed by atoms with Gasteiger partial charge in [-0.15, -0.1) is 0 Å². The zero-order valence-corrected chi connectivity index (χ0v) is 12.4. The first-order valence-corrected chi connectivity index (χ1v) is 7.23. The molecular formula is C16H14ClN3O2. The first-order chi connectivity index (χ1) is 10.7. The maximum absolute atomic E-state index is 11.8. The van der Waals surface area contributed by atoms with Crippen molar-refractivity contribution in [3.63, 3.8) is 0 Å². The van der Waals surface area contributed by atoms with Crippen molar-refractivity contribution in [3.05, 3.63) is 59.4 Å². The van der Waals surface area contributed by atoms with Gasteiger partial charge in [-0.3, -0.25) is 0 Å². The lowest BCUT2D eigenvalue weighted by atomic mass is 10.3. The molecule has 0 unspecified atom stereocenters. The number of benzene rings is 2. The van der Waals surface area contributed by atoms with Gasteiger partial charge >= 0.3 is 6.03 Å². The van der Waals surface area contributed by atoms with E-state index in [9.17, 15) is 4.79 Å². The van der Waals surface area contributed by atoms with Crippen molar-refractivity contribution < 1.29 is 9.21 Å². The average molecular weight is 316 g/mol. The molecule has 0 aliphatic heterocycles. The number of oxazole rings is 1. The van der Waals surface area contributed by atoms with Crippen molar-refractivity contribution in [1.82, 2.24) is 10.3 Å². The molecular weight excluding hydrogens is 302 g/mol. The van der Waals surface area contributed by atoms with Crippen LogP contribution in [0.3, 0.4) is 0 Å². The molecule has 1 aromatic heterocycles. The first kappa shape index (κ1) is 14.4. The van der Waals surface area contributed by atoms with E-state index in [2.05, 4.69) is 15.6 Å². The van der Waals surface area contributed by atoms with Crippen LogP contribution < -0.4 is 10.6 Å². The van der Waals surface area contributed by atoms with Crippen LogP contribution in [0.4, 0.5) is 10.5 Å². The summed E-state index contributed by atoms with van der Waals surface area (Å²) in [6, 6.07) is 14.2. The van der Waals surface area contributed by atoms with Gasteiger partial charge in [0.2, 0.25) is 0 Å². The van der Waals surface area contributed by atoms with E-state index in [1.54, 1.807) is 24.3 Å². The van der Waals surface area contributed by atoms with E-state index in [0.29, 0.717) is 29.6 Å². The van der Waals surface area contributed by atoms with Crippen molar-refractivity contribution >= 4 is 34.4 Å². The standard InChI is InChI=1S/C16H14ClN3O2/c17-11-4-3-5-12(10-11)19-16(21)18-9-8-15-20-13-6-1-2-7-14(13)22-15/h1-7,10H,8-9H2,(H2,18,19,21). The molecule has 0 fully saturated rings. The van der Waals surface area contributed by atoms with Crippen LogP contribution in [0.5, 0.6) is 0 Å². The summed E-state index contributed by atoms with van der Waals surface area (Å²) in [6.45, 7) is 0.430. The Bertz CT molecular complexity index is 768. The number of nitrogens with zero attached hydrogens (tertiary/aromatic N) is 1. The fraction of sp³-hybridized carbons (Fsp3) is 0.125. The highest BCUT2D eigenvalue weighted by atomic mass is 35.5. The van der Waals surface area contributed by atoms with Gasteiger partial charge < -0.3 is 15.1 Å². The molecule has 0 radical (unpaired) electrons. The summed E-state index contributed by atoms with van der Waals surface area (Å²) in [5.74, 6) is 0.601. The second kappa shape index (κ2) is 6.49. The molecule has 3 rings (SSSR count). The zero-order valence-electron chi connectivity index (χ0n) is 11.7. The molecule has 0 bridgehead atoms. The highest BCUT2D eigenvalue weighted by molar-refractivity contribution is 6.30. The molecule has 0 saturated carbocycles. The van der Waals surface area contributed by atoms with Crippen LogP contribution in [0.15, 0.2) is 52.9 Å². The van der Waals surface area contributed by atoms with Crippen LogP contribution in [-0.4, -0.2) is 17.6 Å². The van der Waals surface area contributed by atoms with E-state index in [1.165, 1.54) is 0 Å². The van der Waals surface area contributed by atoms with E-state index in [4.69, 9.17) is 16.0 Å². The number of anilines is 1. The minimum absolute atomic E-state index is 0.293. The molecule has 112 valence electrons. The fourth-order valence-electron chi connectivity index (χ4n) is 2.05. The molecule has 2 aromatic carbocycles. The minimum Gasteiger partial charge on any atom is -0.441 e. The van der Waals surface area contributed by atoms with E-state index < -0.39 is 0 Å². The lowest BCUT2D eigenvalue weighted by Gasteiger charge is -2.06. The second-order valence-electron chi connectivity index (χ2n) is 4.72. The van der Waals surface area contributed by atoms with Crippen molar-refractivity contribution in [2.24, 2.45) is 0 Å². The largest absolute Gasteiger partial charge is 0.441 e. The van der Waals surface area contributed by atoms with E-state index in [0.717, 1.165) is 11.1 Å². The fourth-order valence-corrected chi connectivity index (χ4v) is 2.24.